The van der Waals surface area contributed by atoms with E-state index in [1.807, 2.05) is 0 Å². The Kier molecular flexibility index (Phi) is 4.79. The highest BCUT2D eigenvalue weighted by Crippen LogP contribution is 2.34. The molecule has 7 nitrogen and oxygen atoms in total. The van der Waals surface area contributed by atoms with Gasteiger partial charge in [-0.2, -0.15) is 0 Å². The van der Waals surface area contributed by atoms with E-state index < -0.39 is 17.5 Å². The van der Waals surface area contributed by atoms with Crippen molar-refractivity contribution in [2.75, 3.05) is 10.6 Å². The second-order valence-corrected chi connectivity index (χ2v) is 8.22. The zero-order valence-electron chi connectivity index (χ0n) is 16.6. The van der Waals surface area contributed by atoms with E-state index in [0.29, 0.717) is 28.5 Å². The Hall–Kier alpha value is -3.17. The summed E-state index contributed by atoms with van der Waals surface area (Å²) in [6, 6.07) is 1.18. The molecule has 0 bridgehead atoms. The number of nitrogens with one attached hydrogen (secondary N) is 3. The van der Waals surface area contributed by atoms with Crippen molar-refractivity contribution in [2.45, 2.75) is 56.5 Å². The van der Waals surface area contributed by atoms with Gasteiger partial charge in [0.2, 0.25) is 5.92 Å². The molecular weight excluding hydrogens is 409 g/mol. The predicted octanol–water partition coefficient (Wildman–Crippen LogP) is 4.29. The van der Waals surface area contributed by atoms with Gasteiger partial charge in [0.25, 0.3) is 0 Å². The van der Waals surface area contributed by atoms with Crippen LogP contribution >= 0.6 is 0 Å². The van der Waals surface area contributed by atoms with Gasteiger partial charge in [0.05, 0.1) is 10.9 Å². The summed E-state index contributed by atoms with van der Waals surface area (Å²) in [5.41, 5.74) is 0.929. The number of H-pyrrole nitrogens is 1. The number of hydrogen-bond donors (Lipinski definition) is 3. The molecule has 2 aliphatic rings. The van der Waals surface area contributed by atoms with E-state index in [4.69, 9.17) is 0 Å². The molecule has 0 radical (unpaired) electrons. The van der Waals surface area contributed by atoms with Gasteiger partial charge in [-0.1, -0.05) is 0 Å². The molecule has 3 heterocycles. The molecule has 2 aliphatic carbocycles. The maximum absolute atomic E-state index is 14.7. The number of ketones is 1. The Morgan fingerprint density at radius 1 is 1.03 bits per heavy atom. The second-order valence-electron chi connectivity index (χ2n) is 8.22. The van der Waals surface area contributed by atoms with Gasteiger partial charge in [0.15, 0.2) is 17.4 Å². The quantitative estimate of drug-likeness (QED) is 0.505. The molecule has 10 heteroatoms. The highest BCUT2D eigenvalue weighted by molar-refractivity contribution is 6.17. The van der Waals surface area contributed by atoms with Gasteiger partial charge in [-0.3, -0.25) is 4.79 Å². The molecule has 3 aromatic heterocycles. The lowest BCUT2D eigenvalue weighted by atomic mass is 9.92. The summed E-state index contributed by atoms with van der Waals surface area (Å²) in [6.07, 6.45) is 6.34. The number of nitrogens with zero attached hydrogens (tertiary/aromatic N) is 3. The van der Waals surface area contributed by atoms with Gasteiger partial charge >= 0.3 is 0 Å². The van der Waals surface area contributed by atoms with Crippen molar-refractivity contribution >= 4 is 28.5 Å². The largest absolute Gasteiger partial charge is 0.367 e. The number of rotatable bonds is 6. The zero-order chi connectivity index (χ0) is 21.6. The van der Waals surface area contributed by atoms with Crippen LogP contribution < -0.4 is 10.6 Å². The summed E-state index contributed by atoms with van der Waals surface area (Å²) in [5, 5.41) is 6.74. The summed E-state index contributed by atoms with van der Waals surface area (Å²) in [5.74, 6) is -3.23. The van der Waals surface area contributed by atoms with Crippen LogP contribution in [0.2, 0.25) is 0 Å². The fourth-order valence-corrected chi connectivity index (χ4v) is 3.87. The highest BCUT2D eigenvalue weighted by Gasteiger charge is 2.35. The second kappa shape index (κ2) is 7.51. The first-order valence-electron chi connectivity index (χ1n) is 10.3. The van der Waals surface area contributed by atoms with E-state index in [1.54, 1.807) is 0 Å². The SMILES string of the molecule is O=C(c1cnc(NC2CCC(F)(F)CC2)c(F)c1)c1c[nH]c2ncnc(NC3CC3)c12. The molecule has 0 unspecified atom stereocenters. The number of pyridine rings is 1. The lowest BCUT2D eigenvalue weighted by molar-refractivity contribution is -0.0361. The van der Waals surface area contributed by atoms with Crippen LogP contribution in [0.1, 0.15) is 54.4 Å². The first kappa shape index (κ1) is 19.8. The lowest BCUT2D eigenvalue weighted by Crippen LogP contribution is -2.32. The Labute approximate surface area is 175 Å². The summed E-state index contributed by atoms with van der Waals surface area (Å²) >= 11 is 0. The van der Waals surface area contributed by atoms with Crippen LogP contribution in [0.3, 0.4) is 0 Å². The van der Waals surface area contributed by atoms with Crippen molar-refractivity contribution in [2.24, 2.45) is 0 Å². The third-order valence-electron chi connectivity index (χ3n) is 5.79. The van der Waals surface area contributed by atoms with Gasteiger partial charge in [-0.15, -0.1) is 0 Å². The van der Waals surface area contributed by atoms with Crippen molar-refractivity contribution in [1.29, 1.82) is 0 Å². The van der Waals surface area contributed by atoms with Crippen LogP contribution in [-0.4, -0.2) is 43.7 Å². The maximum atomic E-state index is 14.7. The molecule has 0 saturated heterocycles. The molecule has 162 valence electrons. The molecular formula is C21H21F3N6O. The Balaban J connectivity index is 1.37. The van der Waals surface area contributed by atoms with Crippen LogP contribution in [-0.2, 0) is 0 Å². The number of carbonyl (C=O) groups excluding carboxylic acids is 1. The smallest absolute Gasteiger partial charge is 0.248 e. The molecule has 2 saturated carbocycles. The Morgan fingerprint density at radius 2 is 1.74 bits per heavy atom. The van der Waals surface area contributed by atoms with Crippen molar-refractivity contribution in [3.8, 4) is 0 Å². The van der Waals surface area contributed by atoms with Crippen molar-refractivity contribution in [1.82, 2.24) is 19.9 Å². The Morgan fingerprint density at radius 3 is 2.45 bits per heavy atom. The summed E-state index contributed by atoms with van der Waals surface area (Å²) in [4.78, 5) is 28.5. The van der Waals surface area contributed by atoms with Crippen LogP contribution in [0.25, 0.3) is 11.0 Å². The molecule has 3 aromatic rings. The first-order valence-corrected chi connectivity index (χ1v) is 10.3. The van der Waals surface area contributed by atoms with E-state index in [1.165, 1.54) is 18.7 Å². The van der Waals surface area contributed by atoms with Crippen LogP contribution in [0.15, 0.2) is 24.8 Å². The normalized spacial score (nSPS) is 18.8. The van der Waals surface area contributed by atoms with E-state index >= 15 is 0 Å². The molecule has 0 amide bonds. The molecule has 5 rings (SSSR count). The molecule has 3 N–H and O–H groups in total. The van der Waals surface area contributed by atoms with Crippen LogP contribution in [0.5, 0.6) is 0 Å². The van der Waals surface area contributed by atoms with Crippen molar-refractivity contribution in [3.05, 3.63) is 41.7 Å². The fourth-order valence-electron chi connectivity index (χ4n) is 3.87. The average Bonchev–Trinajstić information content (AvgIpc) is 3.45. The molecule has 0 aromatic carbocycles. The minimum absolute atomic E-state index is 0.0369. The number of alkyl halides is 2. The molecule has 0 atom stereocenters. The lowest BCUT2D eigenvalue weighted by Gasteiger charge is -2.29. The average molecular weight is 430 g/mol. The third kappa shape index (κ3) is 4.06. The van der Waals surface area contributed by atoms with Crippen molar-refractivity contribution in [3.63, 3.8) is 0 Å². The zero-order valence-corrected chi connectivity index (χ0v) is 16.6. The summed E-state index contributed by atoms with van der Waals surface area (Å²) < 4.78 is 41.3. The monoisotopic (exact) mass is 430 g/mol. The van der Waals surface area contributed by atoms with Gasteiger partial charge in [-0.25, -0.2) is 28.1 Å². The predicted molar refractivity (Wildman–Crippen MR) is 109 cm³/mol. The number of fused-ring (bicyclic) bond motifs is 1. The van der Waals surface area contributed by atoms with E-state index in [0.717, 1.165) is 18.9 Å². The minimum atomic E-state index is -2.66. The first-order chi connectivity index (χ1) is 14.9. The summed E-state index contributed by atoms with van der Waals surface area (Å²) in [7, 11) is 0. The van der Waals surface area contributed by atoms with Crippen LogP contribution in [0.4, 0.5) is 24.8 Å². The van der Waals surface area contributed by atoms with E-state index in [9.17, 15) is 18.0 Å². The third-order valence-corrected chi connectivity index (χ3v) is 5.79. The van der Waals surface area contributed by atoms with Crippen molar-refractivity contribution < 1.29 is 18.0 Å². The number of hydrogen-bond acceptors (Lipinski definition) is 6. The fraction of sp³-hybridized carbons (Fsp3) is 0.429. The standard InChI is InChI=1S/C21H21F3N6O/c22-15-7-11(8-25-18(15)29-13-3-5-21(23,24)6-4-13)17(31)14-9-26-19-16(14)20(28-10-27-19)30-12-1-2-12/h7-10,12-13H,1-6H2,(H,25,29)(H2,26,27,28,30). The molecule has 31 heavy (non-hydrogen) atoms. The van der Waals surface area contributed by atoms with E-state index in [-0.39, 0.29) is 43.1 Å². The number of aromatic amines is 1. The van der Waals surface area contributed by atoms with Crippen LogP contribution in [0, 0.1) is 5.82 Å². The number of carbonyl (C=O) groups is 1. The van der Waals surface area contributed by atoms with Gasteiger partial charge in [-0.05, 0) is 31.7 Å². The summed E-state index contributed by atoms with van der Waals surface area (Å²) in [6.45, 7) is 0. The van der Waals surface area contributed by atoms with Gasteiger partial charge < -0.3 is 15.6 Å². The Bertz CT molecular complexity index is 1130. The highest BCUT2D eigenvalue weighted by atomic mass is 19.3. The van der Waals surface area contributed by atoms with E-state index in [2.05, 4.69) is 30.6 Å². The molecule has 0 aliphatic heterocycles. The maximum Gasteiger partial charge on any atom is 0.248 e. The number of anilines is 2. The molecule has 0 spiro atoms. The topological polar surface area (TPSA) is 95.6 Å². The van der Waals surface area contributed by atoms with Gasteiger partial charge in [0.1, 0.15) is 17.8 Å². The van der Waals surface area contributed by atoms with Gasteiger partial charge in [0, 0.05) is 42.9 Å². The molecule has 2 fully saturated rings. The minimum Gasteiger partial charge on any atom is -0.367 e. The number of halogens is 3. The number of aromatic nitrogens is 4.